The molecule has 0 bridgehead atoms. The van der Waals surface area contributed by atoms with E-state index in [-0.39, 0.29) is 18.1 Å². The number of carbonyl (C=O) groups is 1. The number of hydrogen-bond acceptors (Lipinski definition) is 3. The molecule has 0 radical (unpaired) electrons. The number of nitrogens with one attached hydrogen (secondary N) is 2. The van der Waals surface area contributed by atoms with E-state index in [2.05, 4.69) is 15.3 Å². The smallest absolute Gasteiger partial charge is 0.251 e. The number of aryl methyl sites for hydroxylation is 1. The van der Waals surface area contributed by atoms with Gasteiger partial charge in [0.05, 0.1) is 17.3 Å². The van der Waals surface area contributed by atoms with Crippen molar-refractivity contribution in [3.8, 4) is 11.3 Å². The van der Waals surface area contributed by atoms with E-state index in [4.69, 9.17) is 0 Å². The third kappa shape index (κ3) is 3.22. The molecule has 0 spiro atoms. The largest absolute Gasteiger partial charge is 0.393 e. The van der Waals surface area contributed by atoms with Gasteiger partial charge in [0.1, 0.15) is 0 Å². The van der Waals surface area contributed by atoms with E-state index in [0.29, 0.717) is 5.56 Å². The van der Waals surface area contributed by atoms with Gasteiger partial charge in [0.25, 0.3) is 5.91 Å². The SMILES string of the molecule is Cc1cnc(-c2ccc(C(=O)NC3CCC(O)CC3)cc2)c2cc[nH]c12. The van der Waals surface area contributed by atoms with Gasteiger partial charge < -0.3 is 15.4 Å². The van der Waals surface area contributed by atoms with Crippen LogP contribution in [0.3, 0.4) is 0 Å². The zero-order valence-corrected chi connectivity index (χ0v) is 14.8. The van der Waals surface area contributed by atoms with E-state index in [9.17, 15) is 9.90 Å². The second-order valence-corrected chi connectivity index (χ2v) is 7.11. The number of rotatable bonds is 3. The van der Waals surface area contributed by atoms with E-state index in [1.807, 2.05) is 49.6 Å². The molecule has 5 heteroatoms. The standard InChI is InChI=1S/C21H23N3O2/c1-13-12-23-20(18-10-11-22-19(13)18)14-2-4-15(5-3-14)21(26)24-16-6-8-17(25)9-7-16/h2-5,10-12,16-17,22,25H,6-9H2,1H3,(H,24,26). The second-order valence-electron chi connectivity index (χ2n) is 7.11. The summed E-state index contributed by atoms with van der Waals surface area (Å²) in [4.78, 5) is 20.3. The number of fused-ring (bicyclic) bond motifs is 1. The summed E-state index contributed by atoms with van der Waals surface area (Å²) in [5.74, 6) is -0.0541. The van der Waals surface area contributed by atoms with Crippen LogP contribution in [0.15, 0.2) is 42.7 Å². The second kappa shape index (κ2) is 6.92. The number of aromatic amines is 1. The number of carbonyl (C=O) groups excluding carboxylic acids is 1. The Labute approximate surface area is 152 Å². The molecule has 3 N–H and O–H groups in total. The third-order valence-corrected chi connectivity index (χ3v) is 5.24. The zero-order chi connectivity index (χ0) is 18.1. The minimum absolute atomic E-state index is 0.0541. The van der Waals surface area contributed by atoms with Gasteiger partial charge in [-0.25, -0.2) is 0 Å². The van der Waals surface area contributed by atoms with E-state index in [0.717, 1.165) is 53.4 Å². The van der Waals surface area contributed by atoms with E-state index in [1.54, 1.807) is 0 Å². The lowest BCUT2D eigenvalue weighted by molar-refractivity contribution is 0.0867. The maximum absolute atomic E-state index is 12.5. The maximum Gasteiger partial charge on any atom is 0.251 e. The van der Waals surface area contributed by atoms with Crippen molar-refractivity contribution in [1.29, 1.82) is 0 Å². The number of amides is 1. The van der Waals surface area contributed by atoms with E-state index < -0.39 is 0 Å². The lowest BCUT2D eigenvalue weighted by Gasteiger charge is -2.26. The minimum Gasteiger partial charge on any atom is -0.393 e. The summed E-state index contributed by atoms with van der Waals surface area (Å²) in [5.41, 5.74) is 4.77. The predicted molar refractivity (Wildman–Crippen MR) is 102 cm³/mol. The Hall–Kier alpha value is -2.66. The Morgan fingerprint density at radius 1 is 1.15 bits per heavy atom. The fraction of sp³-hybridized carbons (Fsp3) is 0.333. The predicted octanol–water partition coefficient (Wildman–Crippen LogP) is 3.57. The van der Waals surface area contributed by atoms with Crippen LogP contribution in [0, 0.1) is 6.92 Å². The molecule has 1 fully saturated rings. The summed E-state index contributed by atoms with van der Waals surface area (Å²) in [5, 5.41) is 13.7. The van der Waals surface area contributed by atoms with Crippen LogP contribution in [0.1, 0.15) is 41.6 Å². The number of hydrogen-bond donors (Lipinski definition) is 3. The Morgan fingerprint density at radius 2 is 1.88 bits per heavy atom. The van der Waals surface area contributed by atoms with Crippen LogP contribution in [0.2, 0.25) is 0 Å². The van der Waals surface area contributed by atoms with Crippen molar-refractivity contribution in [3.05, 3.63) is 53.9 Å². The van der Waals surface area contributed by atoms with E-state index >= 15 is 0 Å². The van der Waals surface area contributed by atoms with Gasteiger partial charge in [-0.3, -0.25) is 9.78 Å². The molecule has 4 rings (SSSR count). The lowest BCUT2D eigenvalue weighted by atomic mass is 9.93. The van der Waals surface area contributed by atoms with Crippen LogP contribution in [0.4, 0.5) is 0 Å². The van der Waals surface area contributed by atoms with E-state index in [1.165, 1.54) is 0 Å². The van der Waals surface area contributed by atoms with Crippen molar-refractivity contribution in [1.82, 2.24) is 15.3 Å². The van der Waals surface area contributed by atoms with Crippen molar-refractivity contribution >= 4 is 16.8 Å². The van der Waals surface area contributed by atoms with Crippen molar-refractivity contribution in [2.45, 2.75) is 44.8 Å². The molecule has 2 heterocycles. The van der Waals surface area contributed by atoms with Crippen LogP contribution >= 0.6 is 0 Å². The molecule has 26 heavy (non-hydrogen) atoms. The summed E-state index contributed by atoms with van der Waals surface area (Å²) >= 11 is 0. The zero-order valence-electron chi connectivity index (χ0n) is 14.8. The van der Waals surface area contributed by atoms with Gasteiger partial charge >= 0.3 is 0 Å². The Morgan fingerprint density at radius 3 is 2.62 bits per heavy atom. The van der Waals surface area contributed by atoms with Gasteiger partial charge in [0.2, 0.25) is 0 Å². The van der Waals surface area contributed by atoms with Crippen molar-refractivity contribution in [2.75, 3.05) is 0 Å². The van der Waals surface area contributed by atoms with Crippen LogP contribution in [-0.4, -0.2) is 33.1 Å². The van der Waals surface area contributed by atoms with Gasteiger partial charge in [-0.05, 0) is 56.4 Å². The number of nitrogens with zero attached hydrogens (tertiary/aromatic N) is 1. The first kappa shape index (κ1) is 16.8. The highest BCUT2D eigenvalue weighted by atomic mass is 16.3. The van der Waals surface area contributed by atoms with Gasteiger partial charge in [0.15, 0.2) is 0 Å². The molecule has 5 nitrogen and oxygen atoms in total. The fourth-order valence-electron chi connectivity index (χ4n) is 3.69. The molecule has 2 aromatic heterocycles. The first-order valence-electron chi connectivity index (χ1n) is 9.14. The molecule has 3 aromatic rings. The molecule has 1 amide bonds. The molecule has 0 atom stereocenters. The first-order valence-corrected chi connectivity index (χ1v) is 9.14. The van der Waals surface area contributed by atoms with Crippen molar-refractivity contribution < 1.29 is 9.90 Å². The van der Waals surface area contributed by atoms with Crippen molar-refractivity contribution in [3.63, 3.8) is 0 Å². The summed E-state index contributed by atoms with van der Waals surface area (Å²) < 4.78 is 0. The summed E-state index contributed by atoms with van der Waals surface area (Å²) in [6.07, 6.45) is 6.77. The van der Waals surface area contributed by atoms with Gasteiger partial charge in [-0.15, -0.1) is 0 Å². The molecule has 1 aliphatic rings. The van der Waals surface area contributed by atoms with Crippen LogP contribution in [0.5, 0.6) is 0 Å². The first-order chi connectivity index (χ1) is 12.6. The number of aromatic nitrogens is 2. The highest BCUT2D eigenvalue weighted by Gasteiger charge is 2.21. The molecule has 0 aliphatic heterocycles. The molecule has 1 aliphatic carbocycles. The summed E-state index contributed by atoms with van der Waals surface area (Å²) in [6.45, 7) is 2.04. The molecule has 0 unspecified atom stereocenters. The number of aliphatic hydroxyl groups is 1. The Bertz CT molecular complexity index is 922. The quantitative estimate of drug-likeness (QED) is 0.676. The average Bonchev–Trinajstić information content (AvgIpc) is 3.15. The number of benzene rings is 1. The Balaban J connectivity index is 1.52. The summed E-state index contributed by atoms with van der Waals surface area (Å²) in [7, 11) is 0. The molecule has 134 valence electrons. The van der Waals surface area contributed by atoms with Gasteiger partial charge in [-0.1, -0.05) is 12.1 Å². The molecular weight excluding hydrogens is 326 g/mol. The average molecular weight is 349 g/mol. The van der Waals surface area contributed by atoms with Crippen LogP contribution in [-0.2, 0) is 0 Å². The highest BCUT2D eigenvalue weighted by Crippen LogP contribution is 2.28. The fourth-order valence-corrected chi connectivity index (χ4v) is 3.69. The topological polar surface area (TPSA) is 78.0 Å². The highest BCUT2D eigenvalue weighted by molar-refractivity contribution is 5.97. The third-order valence-electron chi connectivity index (χ3n) is 5.24. The molecular formula is C21H23N3O2. The lowest BCUT2D eigenvalue weighted by Crippen LogP contribution is -2.38. The van der Waals surface area contributed by atoms with Gasteiger partial charge in [-0.2, -0.15) is 0 Å². The Kier molecular flexibility index (Phi) is 4.47. The van der Waals surface area contributed by atoms with Crippen LogP contribution in [0.25, 0.3) is 22.2 Å². The normalized spacial score (nSPS) is 20.2. The van der Waals surface area contributed by atoms with Gasteiger partial charge in [0, 0.05) is 34.9 Å². The molecule has 1 saturated carbocycles. The van der Waals surface area contributed by atoms with Crippen molar-refractivity contribution in [2.24, 2.45) is 0 Å². The number of H-pyrrole nitrogens is 1. The van der Waals surface area contributed by atoms with Crippen LogP contribution < -0.4 is 5.32 Å². The maximum atomic E-state index is 12.5. The minimum atomic E-state index is -0.213. The number of aliphatic hydroxyl groups excluding tert-OH is 1. The monoisotopic (exact) mass is 349 g/mol. The summed E-state index contributed by atoms with van der Waals surface area (Å²) in [6, 6.07) is 9.78. The molecule has 0 saturated heterocycles. The number of pyridine rings is 1. The molecule has 1 aromatic carbocycles.